The van der Waals surface area contributed by atoms with Gasteiger partial charge in [-0.15, -0.1) is 0 Å². The van der Waals surface area contributed by atoms with Crippen molar-refractivity contribution in [3.05, 3.63) is 0 Å². The molecule has 0 rings (SSSR count). The van der Waals surface area contributed by atoms with Gasteiger partial charge in [-0.05, 0) is 0 Å². The molecule has 0 aromatic rings. The Morgan fingerprint density at radius 2 is 0.538 bits per heavy atom. The molecule has 0 N–H and O–H groups in total. The Balaban J connectivity index is -0.0000000267. The van der Waals surface area contributed by atoms with Gasteiger partial charge in [-0.25, -0.2) is 0 Å². The fourth-order valence-electron chi connectivity index (χ4n) is 0. The van der Waals surface area contributed by atoms with Gasteiger partial charge in [0.2, 0.25) is 0 Å². The topological polar surface area (TPSA) is 172 Å². The fourth-order valence-corrected chi connectivity index (χ4v) is 0. The fraction of sp³-hybridized carbons (Fsp3) is 0. The van der Waals surface area contributed by atoms with Gasteiger partial charge in [0.25, 0.3) is 0 Å². The van der Waals surface area contributed by atoms with Crippen LogP contribution in [-0.4, -0.2) is 40.1 Å². The molecule has 0 atom stereocenters. The maximum absolute atomic E-state index is 8.64. The van der Waals surface area contributed by atoms with E-state index in [2.05, 4.69) is 0 Å². The third kappa shape index (κ3) is 359. The Bertz CT molecular complexity index is 130. The molecule has 85 valence electrons. The molecule has 8 nitrogen and oxygen atoms in total. The van der Waals surface area contributed by atoms with E-state index in [-0.39, 0.29) is 50.3 Å². The summed E-state index contributed by atoms with van der Waals surface area (Å²) in [6, 6.07) is 0. The van der Waals surface area contributed by atoms with E-state index in [9.17, 15) is 0 Å². The molecule has 13 heavy (non-hydrogen) atoms. The van der Waals surface area contributed by atoms with Crippen LogP contribution >= 0.6 is 0 Å². The maximum atomic E-state index is 8.64. The summed E-state index contributed by atoms with van der Waals surface area (Å²) < 4.78 is 69.1. The van der Waals surface area contributed by atoms with Crippen LogP contribution in [0.5, 0.6) is 0 Å². The van der Waals surface area contributed by atoms with Crippen molar-refractivity contribution in [2.45, 2.75) is 0 Å². The monoisotopic (exact) mass is 547 g/mol. The van der Waals surface area contributed by atoms with Crippen LogP contribution in [0, 0.1) is 0 Å². The van der Waals surface area contributed by atoms with Crippen molar-refractivity contribution in [2.75, 3.05) is 0 Å². The van der Waals surface area contributed by atoms with E-state index in [1.165, 1.54) is 0 Å². The molecule has 3 radical (unpaired) electrons. The molecule has 0 amide bonds. The molecule has 0 spiro atoms. The third-order valence-electron chi connectivity index (χ3n) is 0. The summed E-state index contributed by atoms with van der Waals surface area (Å²) in [6.07, 6.45) is 0. The van der Waals surface area contributed by atoms with Crippen molar-refractivity contribution in [1.82, 2.24) is 0 Å². The van der Waals surface area contributed by atoms with Gasteiger partial charge in [0, 0.05) is 0 Å². The molecule has 0 aromatic heterocycles. The van der Waals surface area contributed by atoms with Gasteiger partial charge >= 0.3 is 117 Å². The van der Waals surface area contributed by atoms with E-state index < -0.39 is 40.1 Å². The van der Waals surface area contributed by atoms with Crippen LogP contribution in [0.2, 0.25) is 0 Å². The van der Waals surface area contributed by atoms with Gasteiger partial charge in [-0.2, -0.15) is 0 Å². The van der Waals surface area contributed by atoms with Gasteiger partial charge in [-0.1, -0.05) is 0 Å². The second-order valence-corrected chi connectivity index (χ2v) is 6.00. The Labute approximate surface area is 115 Å². The molecule has 0 saturated carbocycles. The summed E-state index contributed by atoms with van der Waals surface area (Å²) in [7, 11) is 0. The van der Waals surface area contributed by atoms with Crippen LogP contribution in [0.1, 0.15) is 0 Å². The minimum atomic E-state index is -6.10. The minimum absolute atomic E-state index is 0. The third-order valence-corrected chi connectivity index (χ3v) is 0. The average Bonchev–Trinajstić information content (AvgIpc) is 1.12. The molecule has 0 bridgehead atoms. The predicted molar refractivity (Wildman–Crippen MR) is 12.9 cm³/mol. The van der Waals surface area contributed by atoms with Gasteiger partial charge in [-0.3, -0.25) is 0 Å². The molecule has 0 heterocycles. The van der Waals surface area contributed by atoms with Crippen LogP contribution in [-0.2, 0) is 56.4 Å². The van der Waals surface area contributed by atoms with E-state index >= 15 is 0 Å². The van der Waals surface area contributed by atoms with Gasteiger partial charge in [0.05, 0.1) is 0 Å². The zero-order chi connectivity index (χ0) is 9.00. The number of hydrogen-bond donors (Lipinski definition) is 0. The van der Waals surface area contributed by atoms with Crippen molar-refractivity contribution in [1.29, 1.82) is 0 Å². The standard InChI is InChI=1S/3Co.8O.2Sb/q3*+2;;;6*-1;;. The molecule has 0 aliphatic carbocycles. The van der Waals surface area contributed by atoms with E-state index in [1.54, 1.807) is 0 Å². The summed E-state index contributed by atoms with van der Waals surface area (Å²) in [4.78, 5) is 0. The van der Waals surface area contributed by atoms with E-state index in [0.29, 0.717) is 0 Å². The normalized spacial score (nSPS) is 9.08. The summed E-state index contributed by atoms with van der Waals surface area (Å²) in [5.41, 5.74) is 0. The van der Waals surface area contributed by atoms with E-state index in [0.717, 1.165) is 0 Å². The van der Waals surface area contributed by atoms with E-state index in [4.69, 9.17) is 26.3 Å². The predicted octanol–water partition coefficient (Wildman–Crippen LogP) is -8.14. The molecule has 0 saturated heterocycles. The van der Waals surface area contributed by atoms with Crippen LogP contribution in [0.15, 0.2) is 0 Å². The van der Waals surface area contributed by atoms with E-state index in [1.807, 2.05) is 0 Å². The Kier molecular flexibility index (Phi) is 28.6. The Morgan fingerprint density at radius 3 is 0.538 bits per heavy atom. The summed E-state index contributed by atoms with van der Waals surface area (Å²) in [5.74, 6) is 0. The van der Waals surface area contributed by atoms with Crippen molar-refractivity contribution in [3.63, 3.8) is 0 Å². The summed E-state index contributed by atoms with van der Waals surface area (Å²) in [5, 5.41) is 0. The van der Waals surface area contributed by atoms with Crippen LogP contribution in [0.25, 0.3) is 0 Å². The first-order valence-electron chi connectivity index (χ1n) is 1.46. The molecule has 0 aliphatic heterocycles. The molecule has 0 aliphatic rings. The van der Waals surface area contributed by atoms with Crippen LogP contribution in [0.4, 0.5) is 0 Å². The summed E-state index contributed by atoms with van der Waals surface area (Å²) >= 11 is -12.2. The second-order valence-electron chi connectivity index (χ2n) is 0.894. The molecule has 0 aromatic carbocycles. The van der Waals surface area contributed by atoms with Crippen molar-refractivity contribution in [3.8, 4) is 0 Å². The first-order chi connectivity index (χ1) is 4.00. The number of rotatable bonds is 0. The Hall–Kier alpha value is 2.52. The molecule has 13 heteroatoms. The quantitative estimate of drug-likeness (QED) is 0.269. The van der Waals surface area contributed by atoms with Crippen molar-refractivity contribution in [2.24, 2.45) is 0 Å². The summed E-state index contributed by atoms with van der Waals surface area (Å²) in [6.45, 7) is 0. The Morgan fingerprint density at radius 1 is 0.538 bits per heavy atom. The van der Waals surface area contributed by atoms with Gasteiger partial charge in [0.1, 0.15) is 0 Å². The molecular formula is Co3O8Sb2. The second kappa shape index (κ2) is 12.6. The first kappa shape index (κ1) is 29.6. The van der Waals surface area contributed by atoms with Crippen LogP contribution in [0.3, 0.4) is 0 Å². The van der Waals surface area contributed by atoms with Crippen molar-refractivity contribution >= 4 is 40.1 Å². The van der Waals surface area contributed by atoms with Crippen molar-refractivity contribution < 1.29 is 76.7 Å². The first-order valence-corrected chi connectivity index (χ1v) is 9.80. The zero-order valence-electron chi connectivity index (χ0n) is 5.16. The average molecular weight is 548 g/mol. The zero-order valence-corrected chi connectivity index (χ0v) is 13.4. The SMILES string of the molecule is [Co+2].[Co+2].[Co+2].[O]=[Sb]([O-])([O-])[O-].[O]=[Sb]([O-])([O-])[O-]. The number of hydrogen-bond acceptors (Lipinski definition) is 8. The van der Waals surface area contributed by atoms with Gasteiger partial charge < -0.3 is 0 Å². The van der Waals surface area contributed by atoms with Gasteiger partial charge in [0.15, 0.2) is 0 Å². The molecule has 0 fully saturated rings. The molecular weight excluding hydrogens is 548 g/mol. The van der Waals surface area contributed by atoms with Crippen LogP contribution < -0.4 is 20.3 Å². The molecule has 0 unspecified atom stereocenters.